The minimum Gasteiger partial charge on any atom is -0.487 e. The maximum Gasteiger partial charge on any atom is 0.323 e. The number of ether oxygens (including phenoxy) is 2. The topological polar surface area (TPSA) is 201 Å². The van der Waals surface area contributed by atoms with Gasteiger partial charge in [0.25, 0.3) is 5.91 Å². The van der Waals surface area contributed by atoms with Crippen molar-refractivity contribution >= 4 is 56.2 Å². The van der Waals surface area contributed by atoms with Gasteiger partial charge in [-0.25, -0.2) is 0 Å². The van der Waals surface area contributed by atoms with Crippen LogP contribution in [0, 0.1) is 0 Å². The van der Waals surface area contributed by atoms with Gasteiger partial charge in [-0.1, -0.05) is 41.9 Å². The lowest BCUT2D eigenvalue weighted by Crippen LogP contribution is -2.39. The molecule has 0 saturated carbocycles. The number of halogens is 2. The minimum atomic E-state index is -1.24. The van der Waals surface area contributed by atoms with Crippen LogP contribution < -0.4 is 25.8 Å². The van der Waals surface area contributed by atoms with Crippen molar-refractivity contribution in [3.05, 3.63) is 75.4 Å². The van der Waals surface area contributed by atoms with Gasteiger partial charge in [-0.3, -0.25) is 24.4 Å². The van der Waals surface area contributed by atoms with Gasteiger partial charge in [-0.2, -0.15) is 5.10 Å². The van der Waals surface area contributed by atoms with Crippen molar-refractivity contribution in [2.45, 2.75) is 51.1 Å². The third-order valence-electron chi connectivity index (χ3n) is 8.73. The Labute approximate surface area is 313 Å². The molecule has 2 amide bonds. The molecule has 1 saturated heterocycles. The van der Waals surface area contributed by atoms with E-state index in [4.69, 9.17) is 31.9 Å². The average molecular weight is 802 g/mol. The molecule has 2 heterocycles. The largest absolute Gasteiger partial charge is 0.487 e. The predicted molar refractivity (Wildman–Crippen MR) is 198 cm³/mol. The summed E-state index contributed by atoms with van der Waals surface area (Å²) < 4.78 is 14.7. The molecule has 2 atom stereocenters. The predicted octanol–water partition coefficient (Wildman–Crippen LogP) is 3.06. The first-order chi connectivity index (χ1) is 25.0. The first-order valence-electron chi connectivity index (χ1n) is 16.9. The van der Waals surface area contributed by atoms with Crippen molar-refractivity contribution in [2.24, 2.45) is 5.73 Å². The molecule has 1 aliphatic heterocycles. The number of β-amino-alcohol motifs (C(OH)–C–C–N with tert-alkyl or cyclic N) is 1. The molecule has 1 aromatic heterocycles. The van der Waals surface area contributed by atoms with Crippen LogP contribution in [-0.2, 0) is 34.1 Å². The zero-order chi connectivity index (χ0) is 37.2. The molecule has 0 radical (unpaired) electrons. The van der Waals surface area contributed by atoms with Crippen LogP contribution >= 0.6 is 27.5 Å². The van der Waals surface area contributed by atoms with Crippen molar-refractivity contribution in [2.75, 3.05) is 39.4 Å². The number of nitrogens with one attached hydrogen (secondary N) is 2. The number of hydrogen-bond donors (Lipinski definition) is 6. The minimum absolute atomic E-state index is 0.0604. The molecule has 0 aliphatic carbocycles. The van der Waals surface area contributed by atoms with Crippen molar-refractivity contribution in [3.8, 4) is 22.6 Å². The van der Waals surface area contributed by atoms with Crippen LogP contribution in [0.1, 0.15) is 30.4 Å². The number of hydrogen-bond acceptors (Lipinski definition) is 10. The van der Waals surface area contributed by atoms with Gasteiger partial charge in [0.2, 0.25) is 5.91 Å². The lowest BCUT2D eigenvalue weighted by Gasteiger charge is -2.18. The number of carboxylic acid groups (broad SMARTS) is 1. The Bertz CT molecular complexity index is 1890. The fourth-order valence-electron chi connectivity index (χ4n) is 5.99. The van der Waals surface area contributed by atoms with Crippen LogP contribution in [0.15, 0.2) is 59.2 Å². The van der Waals surface area contributed by atoms with Gasteiger partial charge < -0.3 is 40.7 Å². The number of benzene rings is 3. The Hall–Kier alpha value is -4.25. The number of aliphatic hydroxyl groups is 2. The molecule has 7 N–H and O–H groups in total. The Balaban J connectivity index is 1.30. The summed E-state index contributed by atoms with van der Waals surface area (Å²) in [5, 5.41) is 39.5. The lowest BCUT2D eigenvalue weighted by molar-refractivity contribution is -0.140. The quantitative estimate of drug-likeness (QED) is 0.0762. The summed E-state index contributed by atoms with van der Waals surface area (Å²) >= 11 is 10.4. The number of carbonyl (C=O) groups excluding carboxylic acids is 2. The van der Waals surface area contributed by atoms with Gasteiger partial charge in [-0.05, 0) is 65.0 Å². The summed E-state index contributed by atoms with van der Waals surface area (Å²) in [6.45, 7) is 2.04. The van der Waals surface area contributed by atoms with Crippen LogP contribution in [-0.4, -0.2) is 99.3 Å². The number of aliphatic hydroxyl groups excluding tert-OH is 2. The molecule has 0 unspecified atom stereocenters. The molecule has 14 nitrogen and oxygen atoms in total. The molecule has 0 bridgehead atoms. The van der Waals surface area contributed by atoms with E-state index in [1.807, 2.05) is 35.1 Å². The number of nitrogens with two attached hydrogens (primary N) is 1. The SMILES string of the molecule is NC(=O)CNC(=O)COc1cc(OCc2cccc(-c3cccc4c3cnn4CCCCN3CC[C@@H](O)C3)c2Br)c(Cl)cc1CN[C@@H](CO)C(=O)O. The van der Waals surface area contributed by atoms with Gasteiger partial charge in [0.15, 0.2) is 6.61 Å². The van der Waals surface area contributed by atoms with Gasteiger partial charge in [-0.15, -0.1) is 0 Å². The first-order valence-corrected chi connectivity index (χ1v) is 18.0. The Kier molecular flexibility index (Phi) is 13.9. The highest BCUT2D eigenvalue weighted by atomic mass is 79.9. The Morgan fingerprint density at radius 3 is 2.56 bits per heavy atom. The molecule has 1 aliphatic rings. The van der Waals surface area contributed by atoms with E-state index in [9.17, 15) is 29.7 Å². The number of likely N-dealkylation sites (tertiary alicyclic amines) is 1. The maximum absolute atomic E-state index is 12.2. The van der Waals surface area contributed by atoms with Gasteiger partial charge in [0, 0.05) is 53.2 Å². The number of fused-ring (bicyclic) bond motifs is 1. The number of unbranched alkanes of at least 4 members (excludes halogenated alkanes) is 1. The Morgan fingerprint density at radius 1 is 1.06 bits per heavy atom. The number of nitrogens with zero attached hydrogens (tertiary/aromatic N) is 3. The second kappa shape index (κ2) is 18.5. The number of aliphatic carboxylic acids is 1. The zero-order valence-electron chi connectivity index (χ0n) is 28.4. The summed E-state index contributed by atoms with van der Waals surface area (Å²) in [4.78, 5) is 37.0. The zero-order valence-corrected chi connectivity index (χ0v) is 30.7. The standard InChI is InChI=1S/C36H42BrClN6O8/c37-35-22(5-3-7-26(35)25-6-4-8-30-27(25)16-42-44(30)11-2-1-10-43-12-9-24(46)18-43)20-51-32-14-31(52-21-34(48)41-17-33(39)47)23(13-28(32)38)15-40-29(19-45)36(49)50/h3-8,13-14,16,24,29,40,45-46H,1-2,9-12,15,17-21H2,(H2,39,47)(H,41,48)(H,49,50)/t24-,29+/m1/s1. The highest BCUT2D eigenvalue weighted by molar-refractivity contribution is 9.10. The highest BCUT2D eigenvalue weighted by Gasteiger charge is 2.21. The fourth-order valence-corrected chi connectivity index (χ4v) is 6.82. The fraction of sp³-hybridized carbons (Fsp3) is 0.389. The first kappa shape index (κ1) is 39.0. The van der Waals surface area contributed by atoms with E-state index in [2.05, 4.69) is 43.6 Å². The van der Waals surface area contributed by atoms with Crippen LogP contribution in [0.4, 0.5) is 0 Å². The number of carbonyl (C=O) groups is 3. The number of carboxylic acids is 1. The highest BCUT2D eigenvalue weighted by Crippen LogP contribution is 2.38. The molecule has 5 rings (SSSR count). The Morgan fingerprint density at radius 2 is 1.83 bits per heavy atom. The third kappa shape index (κ3) is 10.2. The average Bonchev–Trinajstić information content (AvgIpc) is 3.74. The summed E-state index contributed by atoms with van der Waals surface area (Å²) in [6.07, 6.45) is 4.53. The third-order valence-corrected chi connectivity index (χ3v) is 9.97. The van der Waals surface area contributed by atoms with E-state index in [0.29, 0.717) is 5.56 Å². The van der Waals surface area contributed by atoms with E-state index < -0.39 is 37.0 Å². The molecular weight excluding hydrogens is 760 g/mol. The molecule has 0 spiro atoms. The molecular formula is C36H42BrClN6O8. The molecule has 16 heteroatoms. The molecule has 278 valence electrons. The smallest absolute Gasteiger partial charge is 0.323 e. The van der Waals surface area contributed by atoms with Crippen molar-refractivity contribution in [1.82, 2.24) is 25.3 Å². The number of aryl methyl sites for hydroxylation is 1. The maximum atomic E-state index is 12.2. The van der Waals surface area contributed by atoms with Crippen molar-refractivity contribution in [3.63, 3.8) is 0 Å². The summed E-state index contributed by atoms with van der Waals surface area (Å²) in [6, 6.07) is 13.8. The summed E-state index contributed by atoms with van der Waals surface area (Å²) in [5.74, 6) is -2.14. The number of primary amides is 1. The summed E-state index contributed by atoms with van der Waals surface area (Å²) in [5.41, 5.74) is 9.33. The molecule has 4 aromatic rings. The van der Waals surface area contributed by atoms with Gasteiger partial charge in [0.1, 0.15) is 24.1 Å². The number of rotatable bonds is 19. The molecule has 1 fully saturated rings. The second-order valence-corrected chi connectivity index (χ2v) is 13.7. The number of amides is 2. The van der Waals surface area contributed by atoms with E-state index >= 15 is 0 Å². The van der Waals surface area contributed by atoms with Crippen LogP contribution in [0.25, 0.3) is 22.0 Å². The number of aromatic nitrogens is 2. The summed E-state index contributed by atoms with van der Waals surface area (Å²) in [7, 11) is 0. The monoisotopic (exact) mass is 800 g/mol. The van der Waals surface area contributed by atoms with E-state index in [0.717, 1.165) is 77.5 Å². The van der Waals surface area contributed by atoms with Crippen LogP contribution in [0.5, 0.6) is 11.5 Å². The van der Waals surface area contributed by atoms with Gasteiger partial charge in [0.05, 0.1) is 36.0 Å². The second-order valence-electron chi connectivity index (χ2n) is 12.5. The lowest BCUT2D eigenvalue weighted by atomic mass is 10.00. The van der Waals surface area contributed by atoms with E-state index in [-0.39, 0.29) is 42.3 Å². The van der Waals surface area contributed by atoms with Crippen molar-refractivity contribution < 1.29 is 39.2 Å². The normalized spacial score (nSPS) is 15.1. The molecule has 52 heavy (non-hydrogen) atoms. The van der Waals surface area contributed by atoms with E-state index in [1.165, 1.54) is 12.1 Å². The molecule has 3 aromatic carbocycles. The van der Waals surface area contributed by atoms with Gasteiger partial charge >= 0.3 is 5.97 Å². The van der Waals surface area contributed by atoms with E-state index in [1.54, 1.807) is 0 Å². The van der Waals surface area contributed by atoms with Crippen molar-refractivity contribution in [1.29, 1.82) is 0 Å². The van der Waals surface area contributed by atoms with Crippen LogP contribution in [0.3, 0.4) is 0 Å². The van der Waals surface area contributed by atoms with Crippen LogP contribution in [0.2, 0.25) is 5.02 Å².